The molecule has 0 atom stereocenters. The van der Waals surface area contributed by atoms with Crippen molar-refractivity contribution in [3.05, 3.63) is 78.2 Å². The minimum Gasteiger partial charge on any atom is -0.326 e. The zero-order valence-corrected chi connectivity index (χ0v) is 14.0. The fourth-order valence-electron chi connectivity index (χ4n) is 3.13. The quantitative estimate of drug-likeness (QED) is 0.738. The molecular formula is C20H18N4O. The van der Waals surface area contributed by atoms with Crippen molar-refractivity contribution in [2.24, 2.45) is 0 Å². The number of rotatable bonds is 3. The first-order valence-electron chi connectivity index (χ1n) is 8.24. The van der Waals surface area contributed by atoms with Crippen LogP contribution in [0.4, 0.5) is 17.2 Å². The highest BCUT2D eigenvalue weighted by molar-refractivity contribution is 6.04. The zero-order chi connectivity index (χ0) is 17.2. The third-order valence-corrected chi connectivity index (χ3v) is 4.48. The van der Waals surface area contributed by atoms with Gasteiger partial charge in [0.15, 0.2) is 0 Å². The maximum Gasteiger partial charge on any atom is 0.276 e. The first kappa shape index (κ1) is 15.3. The van der Waals surface area contributed by atoms with Gasteiger partial charge in [-0.15, -0.1) is 0 Å². The average Bonchev–Trinajstić information content (AvgIpc) is 3.12. The largest absolute Gasteiger partial charge is 0.326 e. The SMILES string of the molecule is CN(C(=O)c1cc(N2CCc3ccccc32)ncn1)c1ccccc1. The molecule has 0 saturated carbocycles. The van der Waals surface area contributed by atoms with Crippen LogP contribution in [0.15, 0.2) is 67.0 Å². The van der Waals surface area contributed by atoms with Crippen LogP contribution < -0.4 is 9.80 Å². The van der Waals surface area contributed by atoms with Crippen molar-refractivity contribution in [2.75, 3.05) is 23.4 Å². The molecule has 0 spiro atoms. The topological polar surface area (TPSA) is 49.3 Å². The number of para-hydroxylation sites is 2. The van der Waals surface area contributed by atoms with Crippen molar-refractivity contribution in [1.29, 1.82) is 0 Å². The fourth-order valence-corrected chi connectivity index (χ4v) is 3.13. The van der Waals surface area contributed by atoms with Gasteiger partial charge in [0.1, 0.15) is 17.8 Å². The Labute approximate surface area is 146 Å². The van der Waals surface area contributed by atoms with E-state index in [2.05, 4.69) is 27.0 Å². The molecule has 0 radical (unpaired) electrons. The third-order valence-electron chi connectivity index (χ3n) is 4.48. The molecule has 2 aromatic carbocycles. The molecule has 1 aromatic heterocycles. The number of fused-ring (bicyclic) bond motifs is 1. The molecule has 1 aliphatic rings. The summed E-state index contributed by atoms with van der Waals surface area (Å²) in [7, 11) is 1.75. The van der Waals surface area contributed by atoms with Crippen molar-refractivity contribution >= 4 is 23.1 Å². The van der Waals surface area contributed by atoms with Crippen LogP contribution in [0.5, 0.6) is 0 Å². The smallest absolute Gasteiger partial charge is 0.276 e. The van der Waals surface area contributed by atoms with Gasteiger partial charge in [0.2, 0.25) is 0 Å². The van der Waals surface area contributed by atoms with Crippen LogP contribution in [0.25, 0.3) is 0 Å². The molecule has 0 bridgehead atoms. The molecule has 124 valence electrons. The molecule has 1 amide bonds. The van der Waals surface area contributed by atoms with E-state index in [1.165, 1.54) is 11.9 Å². The van der Waals surface area contributed by atoms with Crippen molar-refractivity contribution in [1.82, 2.24) is 9.97 Å². The van der Waals surface area contributed by atoms with Gasteiger partial charge in [0.25, 0.3) is 5.91 Å². The summed E-state index contributed by atoms with van der Waals surface area (Å²) in [6.07, 6.45) is 2.44. The Morgan fingerprint density at radius 1 is 1.04 bits per heavy atom. The van der Waals surface area contributed by atoms with Gasteiger partial charge in [0, 0.05) is 31.0 Å². The van der Waals surface area contributed by atoms with Crippen LogP contribution in [0.3, 0.4) is 0 Å². The summed E-state index contributed by atoms with van der Waals surface area (Å²) < 4.78 is 0. The molecule has 5 heteroatoms. The second-order valence-corrected chi connectivity index (χ2v) is 5.99. The van der Waals surface area contributed by atoms with E-state index in [-0.39, 0.29) is 5.91 Å². The predicted octanol–water partition coefficient (Wildman–Crippen LogP) is 3.45. The minimum atomic E-state index is -0.151. The number of aromatic nitrogens is 2. The summed E-state index contributed by atoms with van der Waals surface area (Å²) >= 11 is 0. The van der Waals surface area contributed by atoms with E-state index in [0.717, 1.165) is 30.2 Å². The number of benzene rings is 2. The third kappa shape index (κ3) is 2.85. The van der Waals surface area contributed by atoms with Crippen molar-refractivity contribution < 1.29 is 4.79 Å². The maximum atomic E-state index is 12.8. The molecule has 1 aliphatic heterocycles. The lowest BCUT2D eigenvalue weighted by molar-refractivity contribution is 0.0988. The Balaban J connectivity index is 1.63. The van der Waals surface area contributed by atoms with E-state index >= 15 is 0 Å². The van der Waals surface area contributed by atoms with E-state index in [1.54, 1.807) is 18.0 Å². The predicted molar refractivity (Wildman–Crippen MR) is 98.4 cm³/mol. The van der Waals surface area contributed by atoms with E-state index < -0.39 is 0 Å². The Bertz CT molecular complexity index is 910. The summed E-state index contributed by atoms with van der Waals surface area (Å²) in [5.74, 6) is 0.604. The van der Waals surface area contributed by atoms with Crippen LogP contribution in [-0.4, -0.2) is 29.5 Å². The first-order chi connectivity index (χ1) is 12.2. The maximum absolute atomic E-state index is 12.8. The molecule has 2 heterocycles. The second-order valence-electron chi connectivity index (χ2n) is 5.99. The Kier molecular flexibility index (Phi) is 3.90. The highest BCUT2D eigenvalue weighted by Gasteiger charge is 2.23. The monoisotopic (exact) mass is 330 g/mol. The van der Waals surface area contributed by atoms with E-state index in [1.807, 2.05) is 42.5 Å². The van der Waals surface area contributed by atoms with Crippen LogP contribution in [0, 0.1) is 0 Å². The van der Waals surface area contributed by atoms with Gasteiger partial charge in [-0.05, 0) is 30.2 Å². The molecule has 4 rings (SSSR count). The van der Waals surface area contributed by atoms with Gasteiger partial charge in [-0.2, -0.15) is 0 Å². The van der Waals surface area contributed by atoms with Gasteiger partial charge in [-0.1, -0.05) is 36.4 Å². The lowest BCUT2D eigenvalue weighted by Crippen LogP contribution is -2.27. The van der Waals surface area contributed by atoms with Crippen LogP contribution in [0.2, 0.25) is 0 Å². The van der Waals surface area contributed by atoms with Crippen molar-refractivity contribution in [3.8, 4) is 0 Å². The van der Waals surface area contributed by atoms with Crippen molar-refractivity contribution in [3.63, 3.8) is 0 Å². The van der Waals surface area contributed by atoms with Crippen LogP contribution in [-0.2, 0) is 6.42 Å². The number of carbonyl (C=O) groups excluding carboxylic acids is 1. The Hall–Kier alpha value is -3.21. The molecule has 5 nitrogen and oxygen atoms in total. The molecule has 25 heavy (non-hydrogen) atoms. The fraction of sp³-hybridized carbons (Fsp3) is 0.150. The van der Waals surface area contributed by atoms with E-state index in [4.69, 9.17) is 0 Å². The molecule has 3 aromatic rings. The van der Waals surface area contributed by atoms with E-state index in [0.29, 0.717) is 5.69 Å². The summed E-state index contributed by atoms with van der Waals surface area (Å²) in [4.78, 5) is 25.1. The highest BCUT2D eigenvalue weighted by atomic mass is 16.2. The normalized spacial score (nSPS) is 12.8. The minimum absolute atomic E-state index is 0.151. The summed E-state index contributed by atoms with van der Waals surface area (Å²) in [6.45, 7) is 0.860. The lowest BCUT2D eigenvalue weighted by Gasteiger charge is -2.20. The van der Waals surface area contributed by atoms with Gasteiger partial charge < -0.3 is 9.80 Å². The number of hydrogen-bond donors (Lipinski definition) is 0. The summed E-state index contributed by atoms with van der Waals surface area (Å²) in [6, 6.07) is 19.6. The Morgan fingerprint density at radius 2 is 1.80 bits per heavy atom. The number of hydrogen-bond acceptors (Lipinski definition) is 4. The number of amides is 1. The van der Waals surface area contributed by atoms with E-state index in [9.17, 15) is 4.79 Å². The number of carbonyl (C=O) groups is 1. The standard InChI is InChI=1S/C20H18N4O/c1-23(16-8-3-2-4-9-16)20(25)17-13-19(22-14-21-17)24-12-11-15-7-5-6-10-18(15)24/h2-10,13-14H,11-12H2,1H3. The van der Waals surface area contributed by atoms with Gasteiger partial charge in [-0.3, -0.25) is 4.79 Å². The molecule has 0 N–H and O–H groups in total. The first-order valence-corrected chi connectivity index (χ1v) is 8.24. The summed E-state index contributed by atoms with van der Waals surface area (Å²) in [5.41, 5.74) is 3.67. The Morgan fingerprint density at radius 3 is 2.64 bits per heavy atom. The lowest BCUT2D eigenvalue weighted by atomic mass is 10.2. The van der Waals surface area contributed by atoms with Crippen LogP contribution in [0.1, 0.15) is 16.1 Å². The number of anilines is 3. The van der Waals surface area contributed by atoms with Gasteiger partial charge in [0.05, 0.1) is 0 Å². The zero-order valence-electron chi connectivity index (χ0n) is 14.0. The molecule has 0 saturated heterocycles. The molecule has 0 unspecified atom stereocenters. The van der Waals surface area contributed by atoms with Crippen LogP contribution >= 0.6 is 0 Å². The average molecular weight is 330 g/mol. The summed E-state index contributed by atoms with van der Waals surface area (Å²) in [5, 5.41) is 0. The highest BCUT2D eigenvalue weighted by Crippen LogP contribution is 2.33. The van der Waals surface area contributed by atoms with Crippen molar-refractivity contribution in [2.45, 2.75) is 6.42 Å². The second kappa shape index (κ2) is 6.36. The molecule has 0 fully saturated rings. The molecule has 0 aliphatic carbocycles. The molecular weight excluding hydrogens is 312 g/mol. The van der Waals surface area contributed by atoms with Gasteiger partial charge in [-0.25, -0.2) is 9.97 Å². The van der Waals surface area contributed by atoms with Gasteiger partial charge >= 0.3 is 0 Å². The number of nitrogens with zero attached hydrogens (tertiary/aromatic N) is 4.